The molecular formula is C16H25BrN2O8. The summed E-state index contributed by atoms with van der Waals surface area (Å²) in [6, 6.07) is 2.51. The van der Waals surface area contributed by atoms with Crippen LogP contribution in [0.15, 0.2) is 16.6 Å². The molecule has 0 aliphatic heterocycles. The van der Waals surface area contributed by atoms with Gasteiger partial charge in [0.1, 0.15) is 18.3 Å². The molecule has 0 saturated carbocycles. The number of benzene rings is 1. The summed E-state index contributed by atoms with van der Waals surface area (Å²) in [4.78, 5) is 21.5. The molecule has 1 aromatic rings. The van der Waals surface area contributed by atoms with Crippen molar-refractivity contribution in [3.8, 4) is 11.5 Å². The van der Waals surface area contributed by atoms with E-state index in [1.165, 1.54) is 20.3 Å². The van der Waals surface area contributed by atoms with Crippen LogP contribution < -0.4 is 14.8 Å². The number of carbonyl (C=O) groups is 2. The average molecular weight is 453 g/mol. The molecule has 5 N–H and O–H groups in total. The van der Waals surface area contributed by atoms with Crippen LogP contribution in [0, 0.1) is 0 Å². The zero-order valence-corrected chi connectivity index (χ0v) is 17.1. The summed E-state index contributed by atoms with van der Waals surface area (Å²) in [6.45, 7) is 2.33. The minimum atomic E-state index is -3.37. The second kappa shape index (κ2) is 10.5. The van der Waals surface area contributed by atoms with Crippen molar-refractivity contribution < 1.29 is 39.5 Å². The first-order valence-corrected chi connectivity index (χ1v) is 8.31. The first-order valence-electron chi connectivity index (χ1n) is 7.52. The fourth-order valence-corrected chi connectivity index (χ4v) is 2.47. The summed E-state index contributed by atoms with van der Waals surface area (Å²) in [7, 11) is 6.08. The van der Waals surface area contributed by atoms with Crippen LogP contribution in [0.25, 0.3) is 0 Å². The van der Waals surface area contributed by atoms with E-state index in [0.29, 0.717) is 11.0 Å². The Balaban J connectivity index is 0.00000326. The lowest BCUT2D eigenvalue weighted by Gasteiger charge is -2.36. The van der Waals surface area contributed by atoms with Crippen molar-refractivity contribution in [2.45, 2.75) is 18.1 Å². The fourth-order valence-electron chi connectivity index (χ4n) is 1.99. The van der Waals surface area contributed by atoms with Crippen LogP contribution in [0.4, 0.5) is 0 Å². The Hall–Kier alpha value is -1.76. The predicted molar refractivity (Wildman–Crippen MR) is 99.0 cm³/mol. The second-order valence-electron chi connectivity index (χ2n) is 5.63. The normalized spacial score (nSPS) is 11.5. The van der Waals surface area contributed by atoms with Gasteiger partial charge in [0.25, 0.3) is 5.79 Å². The molecule has 11 heteroatoms. The molecule has 154 valence electrons. The molecular weight excluding hydrogens is 428 g/mol. The molecule has 0 spiro atoms. The molecule has 0 unspecified atom stereocenters. The minimum Gasteiger partial charge on any atom is -0.496 e. The quantitative estimate of drug-likeness (QED) is 0.317. The lowest BCUT2D eigenvalue weighted by Crippen LogP contribution is -2.63. The highest BCUT2D eigenvalue weighted by Gasteiger charge is 2.52. The first kappa shape index (κ1) is 25.2. The number of nitrogens with zero attached hydrogens (tertiary/aromatic N) is 1. The van der Waals surface area contributed by atoms with E-state index >= 15 is 0 Å². The van der Waals surface area contributed by atoms with Gasteiger partial charge in [0.15, 0.2) is 0 Å². The molecule has 0 heterocycles. The van der Waals surface area contributed by atoms with Gasteiger partial charge < -0.3 is 44.9 Å². The number of rotatable bonds is 8. The zero-order valence-electron chi connectivity index (χ0n) is 15.5. The number of amides is 1. The lowest BCUT2D eigenvalue weighted by molar-refractivity contribution is -0.375. The van der Waals surface area contributed by atoms with Crippen molar-refractivity contribution in [1.82, 2.24) is 10.2 Å². The Bertz CT molecular complexity index is 637. The molecule has 27 heavy (non-hydrogen) atoms. The predicted octanol–water partition coefficient (Wildman–Crippen LogP) is -0.875. The maximum Gasteiger partial charge on any atom is 0.308 e. The fraction of sp³-hybridized carbons (Fsp3) is 0.500. The lowest BCUT2D eigenvalue weighted by atomic mass is 10.00. The monoisotopic (exact) mass is 452 g/mol. The van der Waals surface area contributed by atoms with Crippen LogP contribution in [0.3, 0.4) is 0 Å². The molecule has 0 aromatic heterocycles. The number of aliphatic hydroxyl groups is 4. The van der Waals surface area contributed by atoms with Crippen molar-refractivity contribution in [1.29, 1.82) is 0 Å². The third kappa shape index (κ3) is 6.41. The highest BCUT2D eigenvalue weighted by molar-refractivity contribution is 9.10. The number of methoxy groups -OCH3 is 2. The molecule has 0 saturated heterocycles. The van der Waals surface area contributed by atoms with Crippen molar-refractivity contribution >= 4 is 28.6 Å². The maximum atomic E-state index is 11.8. The molecule has 0 atom stereocenters. The smallest absolute Gasteiger partial charge is 0.308 e. The molecule has 1 rings (SSSR count). The van der Waals surface area contributed by atoms with E-state index in [9.17, 15) is 25.2 Å². The van der Waals surface area contributed by atoms with E-state index in [1.54, 1.807) is 24.3 Å². The summed E-state index contributed by atoms with van der Waals surface area (Å²) >= 11 is 3.21. The van der Waals surface area contributed by atoms with E-state index < -0.39 is 23.2 Å². The van der Waals surface area contributed by atoms with Crippen LogP contribution in [0.5, 0.6) is 11.5 Å². The Morgan fingerprint density at radius 3 is 2.11 bits per heavy atom. The maximum absolute atomic E-state index is 11.8. The number of ether oxygens (including phenoxy) is 2. The Kier molecular flexibility index (Phi) is 9.86. The van der Waals surface area contributed by atoms with Gasteiger partial charge in [-0.15, -0.1) is 0 Å². The van der Waals surface area contributed by atoms with Gasteiger partial charge in [0.05, 0.1) is 24.3 Å². The first-order chi connectivity index (χ1) is 12.5. The van der Waals surface area contributed by atoms with Crippen LogP contribution >= 0.6 is 15.9 Å². The van der Waals surface area contributed by atoms with Gasteiger partial charge in [-0.3, -0.25) is 4.79 Å². The molecule has 10 nitrogen and oxygen atoms in total. The van der Waals surface area contributed by atoms with Gasteiger partial charge in [-0.25, -0.2) is 0 Å². The third-order valence-electron chi connectivity index (χ3n) is 3.44. The highest BCUT2D eigenvalue weighted by Crippen LogP contribution is 2.40. The second-order valence-corrected chi connectivity index (χ2v) is 6.49. The molecule has 0 fully saturated rings. The van der Waals surface area contributed by atoms with Crippen molar-refractivity contribution in [3.63, 3.8) is 0 Å². The van der Waals surface area contributed by atoms with Gasteiger partial charge in [0, 0.05) is 13.0 Å². The van der Waals surface area contributed by atoms with Gasteiger partial charge in [-0.05, 0) is 42.2 Å². The van der Waals surface area contributed by atoms with Gasteiger partial charge in [0.2, 0.25) is 5.91 Å². The van der Waals surface area contributed by atoms with Gasteiger partial charge in [-0.2, -0.15) is 0 Å². The Morgan fingerprint density at radius 2 is 1.67 bits per heavy atom. The molecule has 0 aliphatic carbocycles. The summed E-state index contributed by atoms with van der Waals surface area (Å²) in [5, 5.41) is 42.6. The Morgan fingerprint density at radius 1 is 1.15 bits per heavy atom. The van der Waals surface area contributed by atoms with Crippen LogP contribution in [0.1, 0.15) is 12.0 Å². The summed E-state index contributed by atoms with van der Waals surface area (Å²) in [5.41, 5.74) is -0.409. The molecule has 1 aromatic carbocycles. The molecule has 0 bridgehead atoms. The SMILES string of the molecule is C=O.COc1cc(C(O)(O)C(O)(O)NC(=O)CCN(C)C)c(OC)cc1Br. The van der Waals surface area contributed by atoms with E-state index in [1.807, 2.05) is 6.79 Å². The summed E-state index contributed by atoms with van der Waals surface area (Å²) < 4.78 is 10.5. The van der Waals surface area contributed by atoms with E-state index in [4.69, 9.17) is 14.3 Å². The van der Waals surface area contributed by atoms with Crippen LogP contribution in [0.2, 0.25) is 0 Å². The largest absolute Gasteiger partial charge is 0.496 e. The number of hydrogen-bond donors (Lipinski definition) is 5. The average Bonchev–Trinajstić information content (AvgIpc) is 2.60. The van der Waals surface area contributed by atoms with Gasteiger partial charge in [-0.1, -0.05) is 0 Å². The summed E-state index contributed by atoms with van der Waals surface area (Å²) in [5.74, 6) is -7.30. The summed E-state index contributed by atoms with van der Waals surface area (Å²) in [6.07, 6.45) is -0.0766. The topological polar surface area (TPSA) is 149 Å². The minimum absolute atomic E-state index is 0.0623. The third-order valence-corrected chi connectivity index (χ3v) is 4.06. The number of nitrogens with one attached hydrogen (secondary N) is 1. The van der Waals surface area contributed by atoms with Gasteiger partial charge >= 0.3 is 5.91 Å². The highest BCUT2D eigenvalue weighted by atomic mass is 79.9. The molecule has 1 amide bonds. The van der Waals surface area contributed by atoms with Crippen molar-refractivity contribution in [2.75, 3.05) is 34.9 Å². The van der Waals surface area contributed by atoms with Crippen LogP contribution in [-0.4, -0.2) is 78.8 Å². The van der Waals surface area contributed by atoms with Crippen molar-refractivity contribution in [2.24, 2.45) is 0 Å². The van der Waals surface area contributed by atoms with E-state index in [-0.39, 0.29) is 17.9 Å². The molecule has 0 aliphatic rings. The van der Waals surface area contributed by atoms with Crippen molar-refractivity contribution in [3.05, 3.63) is 22.2 Å². The van der Waals surface area contributed by atoms with Crippen LogP contribution in [-0.2, 0) is 15.4 Å². The number of hydrogen-bond acceptors (Lipinski definition) is 9. The Labute approximate surface area is 165 Å². The molecule has 0 radical (unpaired) electrons. The number of carbonyl (C=O) groups excluding carboxylic acids is 2. The standard InChI is InChI=1S/C15H23BrN2O7.CH2O/c1-18(2)6-5-13(19)17-15(22,23)14(20,21)9-7-12(25-4)10(16)8-11(9)24-3;1-2/h7-8,20-23H,5-6H2,1-4H3,(H,17,19);1H2. The van der Waals surface area contributed by atoms with E-state index in [2.05, 4.69) is 15.9 Å². The zero-order chi connectivity index (χ0) is 21.4. The van der Waals surface area contributed by atoms with E-state index in [0.717, 1.165) is 6.07 Å². The number of halogens is 1.